The third-order valence-corrected chi connectivity index (χ3v) is 2.74. The van der Waals surface area contributed by atoms with Crippen LogP contribution >= 0.6 is 0 Å². The van der Waals surface area contributed by atoms with Crippen LogP contribution < -0.4 is 5.32 Å². The number of hydrogen-bond donors (Lipinski definition) is 2. The van der Waals surface area contributed by atoms with Gasteiger partial charge >= 0.3 is 0 Å². The molecule has 0 heterocycles. The summed E-state index contributed by atoms with van der Waals surface area (Å²) in [5.74, 6) is -0.0137. The van der Waals surface area contributed by atoms with Crippen molar-refractivity contribution >= 4 is 11.7 Å². The van der Waals surface area contributed by atoms with Crippen molar-refractivity contribution in [3.8, 4) is 5.75 Å². The lowest BCUT2D eigenvalue weighted by Crippen LogP contribution is -2.39. The van der Waals surface area contributed by atoms with Crippen molar-refractivity contribution in [3.05, 3.63) is 29.8 Å². The molecular weight excluding hydrogens is 244 g/mol. The van der Waals surface area contributed by atoms with Gasteiger partial charge in [-0.1, -0.05) is 6.92 Å². The number of carbonyl (C=O) groups excluding carboxylic acids is 2. The molecular formula is C14H20N2O3. The van der Waals surface area contributed by atoms with E-state index in [0.717, 1.165) is 0 Å². The molecule has 2 N–H and O–H groups in total. The summed E-state index contributed by atoms with van der Waals surface area (Å²) in [6.07, 6.45) is 0. The van der Waals surface area contributed by atoms with Crippen molar-refractivity contribution in [1.82, 2.24) is 10.2 Å². The van der Waals surface area contributed by atoms with Crippen LogP contribution in [-0.2, 0) is 4.79 Å². The highest BCUT2D eigenvalue weighted by Crippen LogP contribution is 2.10. The van der Waals surface area contributed by atoms with Crippen LogP contribution in [0.2, 0.25) is 0 Å². The minimum atomic E-state index is -0.0807. The third-order valence-electron chi connectivity index (χ3n) is 2.74. The molecule has 0 spiro atoms. The van der Waals surface area contributed by atoms with E-state index in [4.69, 9.17) is 5.11 Å². The maximum Gasteiger partial charge on any atom is 0.234 e. The first-order chi connectivity index (χ1) is 9.06. The molecule has 0 unspecified atom stereocenters. The van der Waals surface area contributed by atoms with Gasteiger partial charge in [0.05, 0.1) is 13.1 Å². The fourth-order valence-electron chi connectivity index (χ4n) is 1.68. The zero-order chi connectivity index (χ0) is 14.3. The first-order valence-corrected chi connectivity index (χ1v) is 6.38. The first kappa shape index (κ1) is 15.2. The molecule has 5 heteroatoms. The van der Waals surface area contributed by atoms with Crippen molar-refractivity contribution in [2.24, 2.45) is 0 Å². The molecule has 0 saturated carbocycles. The van der Waals surface area contributed by atoms with E-state index in [9.17, 15) is 9.59 Å². The van der Waals surface area contributed by atoms with Gasteiger partial charge in [0.1, 0.15) is 5.75 Å². The van der Waals surface area contributed by atoms with Gasteiger partial charge in [0.2, 0.25) is 5.91 Å². The van der Waals surface area contributed by atoms with Crippen LogP contribution in [-0.4, -0.2) is 47.9 Å². The maximum absolute atomic E-state index is 12.0. The van der Waals surface area contributed by atoms with Gasteiger partial charge in [-0.2, -0.15) is 0 Å². The van der Waals surface area contributed by atoms with Gasteiger partial charge in [0.15, 0.2) is 5.78 Å². The number of nitrogens with one attached hydrogen (secondary N) is 1. The fraction of sp³-hybridized carbons (Fsp3) is 0.429. The monoisotopic (exact) mass is 264 g/mol. The molecule has 0 fully saturated rings. The zero-order valence-corrected chi connectivity index (χ0v) is 11.3. The van der Waals surface area contributed by atoms with Crippen LogP contribution in [0.1, 0.15) is 24.2 Å². The van der Waals surface area contributed by atoms with E-state index < -0.39 is 0 Å². The van der Waals surface area contributed by atoms with E-state index in [1.807, 2.05) is 13.8 Å². The predicted molar refractivity (Wildman–Crippen MR) is 73.2 cm³/mol. The van der Waals surface area contributed by atoms with E-state index in [1.54, 1.807) is 17.0 Å². The standard InChI is InChI=1S/C14H20N2O3/c1-3-15-14(19)10-16(4-2)9-13(18)11-5-7-12(17)8-6-11/h5-8,17H,3-4,9-10H2,1-2H3,(H,15,19). The number of likely N-dealkylation sites (N-methyl/N-ethyl adjacent to an activating group) is 2. The molecule has 0 saturated heterocycles. The normalized spacial score (nSPS) is 10.5. The largest absolute Gasteiger partial charge is 0.508 e. The van der Waals surface area contributed by atoms with Gasteiger partial charge in [-0.3, -0.25) is 14.5 Å². The third kappa shape index (κ3) is 5.09. The minimum Gasteiger partial charge on any atom is -0.508 e. The Hall–Kier alpha value is -1.88. The van der Waals surface area contributed by atoms with Crippen LogP contribution in [0.15, 0.2) is 24.3 Å². The molecule has 0 bridgehead atoms. The molecule has 19 heavy (non-hydrogen) atoms. The second-order valence-corrected chi connectivity index (χ2v) is 4.23. The Labute approximate surface area is 113 Å². The summed E-state index contributed by atoms with van der Waals surface area (Å²) in [6.45, 7) is 5.38. The summed E-state index contributed by atoms with van der Waals surface area (Å²) in [7, 11) is 0. The molecule has 0 aromatic heterocycles. The lowest BCUT2D eigenvalue weighted by molar-refractivity contribution is -0.121. The van der Waals surface area contributed by atoms with E-state index in [0.29, 0.717) is 18.7 Å². The Bertz CT molecular complexity index is 429. The number of benzene rings is 1. The van der Waals surface area contributed by atoms with Gasteiger partial charge in [-0.15, -0.1) is 0 Å². The second kappa shape index (κ2) is 7.53. The van der Waals surface area contributed by atoms with E-state index in [-0.39, 0.29) is 30.5 Å². The number of amides is 1. The summed E-state index contributed by atoms with van der Waals surface area (Å²) >= 11 is 0. The lowest BCUT2D eigenvalue weighted by Gasteiger charge is -2.18. The molecule has 1 amide bonds. The highest BCUT2D eigenvalue weighted by atomic mass is 16.3. The van der Waals surface area contributed by atoms with Crippen molar-refractivity contribution < 1.29 is 14.7 Å². The molecule has 1 aromatic rings. The molecule has 0 aliphatic rings. The summed E-state index contributed by atoms with van der Waals surface area (Å²) in [4.78, 5) is 25.3. The van der Waals surface area contributed by atoms with Crippen LogP contribution in [0, 0.1) is 0 Å². The Kier molecular flexibility index (Phi) is 6.02. The summed E-state index contributed by atoms with van der Waals surface area (Å²) in [5, 5.41) is 11.9. The first-order valence-electron chi connectivity index (χ1n) is 6.38. The van der Waals surface area contributed by atoms with Crippen LogP contribution in [0.3, 0.4) is 0 Å². The van der Waals surface area contributed by atoms with Gasteiger partial charge in [0.25, 0.3) is 0 Å². The van der Waals surface area contributed by atoms with E-state index in [1.165, 1.54) is 12.1 Å². The Balaban J connectivity index is 2.57. The molecule has 0 atom stereocenters. The summed E-state index contributed by atoms with van der Waals surface area (Å²) in [5.41, 5.74) is 0.534. The summed E-state index contributed by atoms with van der Waals surface area (Å²) < 4.78 is 0. The number of ketones is 1. The molecule has 0 radical (unpaired) electrons. The Morgan fingerprint density at radius 3 is 2.32 bits per heavy atom. The highest BCUT2D eigenvalue weighted by Gasteiger charge is 2.14. The van der Waals surface area contributed by atoms with Gasteiger partial charge < -0.3 is 10.4 Å². The van der Waals surface area contributed by atoms with Gasteiger partial charge in [0, 0.05) is 12.1 Å². The number of carbonyl (C=O) groups is 2. The number of Topliss-reactive ketones (excluding diaryl/α,β-unsaturated/α-hetero) is 1. The molecule has 1 rings (SSSR count). The van der Waals surface area contributed by atoms with Gasteiger partial charge in [-0.25, -0.2) is 0 Å². The average Bonchev–Trinajstić information content (AvgIpc) is 2.38. The quantitative estimate of drug-likeness (QED) is 0.722. The molecule has 0 aliphatic carbocycles. The predicted octanol–water partition coefficient (Wildman–Crippen LogP) is 1.03. The number of aromatic hydroxyl groups is 1. The van der Waals surface area contributed by atoms with Gasteiger partial charge in [-0.05, 0) is 37.7 Å². The zero-order valence-electron chi connectivity index (χ0n) is 11.3. The number of rotatable bonds is 7. The number of phenolic OH excluding ortho intramolecular Hbond substituents is 1. The number of phenols is 1. The van der Waals surface area contributed by atoms with Crippen LogP contribution in [0.25, 0.3) is 0 Å². The smallest absolute Gasteiger partial charge is 0.234 e. The minimum absolute atomic E-state index is 0.0638. The Morgan fingerprint density at radius 1 is 1.16 bits per heavy atom. The Morgan fingerprint density at radius 2 is 1.79 bits per heavy atom. The molecule has 5 nitrogen and oxygen atoms in total. The van der Waals surface area contributed by atoms with Crippen molar-refractivity contribution in [2.45, 2.75) is 13.8 Å². The van der Waals surface area contributed by atoms with E-state index in [2.05, 4.69) is 5.32 Å². The highest BCUT2D eigenvalue weighted by molar-refractivity contribution is 5.98. The van der Waals surface area contributed by atoms with Crippen molar-refractivity contribution in [3.63, 3.8) is 0 Å². The number of hydrogen-bond acceptors (Lipinski definition) is 4. The molecule has 104 valence electrons. The second-order valence-electron chi connectivity index (χ2n) is 4.23. The maximum atomic E-state index is 12.0. The fourth-order valence-corrected chi connectivity index (χ4v) is 1.68. The number of nitrogens with zero attached hydrogens (tertiary/aromatic N) is 1. The van der Waals surface area contributed by atoms with Crippen molar-refractivity contribution in [2.75, 3.05) is 26.2 Å². The van der Waals surface area contributed by atoms with Crippen LogP contribution in [0.4, 0.5) is 0 Å². The summed E-state index contributed by atoms with van der Waals surface area (Å²) in [6, 6.07) is 6.12. The SMILES string of the molecule is CCNC(=O)CN(CC)CC(=O)c1ccc(O)cc1. The molecule has 0 aliphatic heterocycles. The molecule has 1 aromatic carbocycles. The average molecular weight is 264 g/mol. The lowest BCUT2D eigenvalue weighted by atomic mass is 10.1. The van der Waals surface area contributed by atoms with Crippen molar-refractivity contribution in [1.29, 1.82) is 0 Å². The topological polar surface area (TPSA) is 69.6 Å². The van der Waals surface area contributed by atoms with E-state index >= 15 is 0 Å². The van der Waals surface area contributed by atoms with Crippen LogP contribution in [0.5, 0.6) is 5.75 Å².